The Bertz CT molecular complexity index is 104. The zero-order valence-corrected chi connectivity index (χ0v) is 9.53. The van der Waals surface area contributed by atoms with Crippen molar-refractivity contribution in [3.63, 3.8) is 0 Å². The predicted octanol–water partition coefficient (Wildman–Crippen LogP) is 3.02. The summed E-state index contributed by atoms with van der Waals surface area (Å²) in [5, 5.41) is 0. The zero-order chi connectivity index (χ0) is 9.45. The first-order chi connectivity index (χ1) is 5.56. The quantitative estimate of drug-likeness (QED) is 0.344. The second kappa shape index (κ2) is 7.14. The van der Waals surface area contributed by atoms with Crippen LogP contribution in [-0.2, 0) is 0 Å². The third-order valence-corrected chi connectivity index (χ3v) is 3.33. The molecule has 0 heterocycles. The summed E-state index contributed by atoms with van der Waals surface area (Å²) in [5.41, 5.74) is 0. The number of rotatable bonds is 7. The summed E-state index contributed by atoms with van der Waals surface area (Å²) in [6, 6.07) is 0. The summed E-state index contributed by atoms with van der Waals surface area (Å²) in [6.45, 7) is -0.591. The van der Waals surface area contributed by atoms with E-state index in [0.29, 0.717) is 6.16 Å². The monoisotopic (exact) mass is 211 g/mol. The molecule has 12 heavy (non-hydrogen) atoms. The van der Waals surface area contributed by atoms with E-state index in [0.717, 1.165) is 12.8 Å². The van der Waals surface area contributed by atoms with Crippen LogP contribution in [0.15, 0.2) is 0 Å². The minimum absolute atomic E-state index is 0.474. The maximum atomic E-state index is 8.95. The highest BCUT2D eigenvalue weighted by Crippen LogP contribution is 2.55. The van der Waals surface area contributed by atoms with Crippen LogP contribution in [0.2, 0.25) is 0 Å². The van der Waals surface area contributed by atoms with Crippen molar-refractivity contribution in [1.82, 2.24) is 0 Å². The second-order valence-electron chi connectivity index (χ2n) is 3.18. The normalized spacial score (nSPS) is 12.0. The van der Waals surface area contributed by atoms with Crippen molar-refractivity contribution in [3.05, 3.63) is 0 Å². The van der Waals surface area contributed by atoms with E-state index in [2.05, 4.69) is 19.2 Å². The van der Waals surface area contributed by atoms with Gasteiger partial charge in [-0.15, -0.1) is 0 Å². The smallest absolute Gasteiger partial charge is 0.208 e. The summed E-state index contributed by atoms with van der Waals surface area (Å²) in [4.78, 5) is 17.9. The minimum atomic E-state index is -2.78. The molecule has 0 saturated carbocycles. The van der Waals surface area contributed by atoms with Gasteiger partial charge in [0.2, 0.25) is 0 Å². The first-order valence-corrected chi connectivity index (χ1v) is 7.66. The molecule has 0 aliphatic carbocycles. The van der Waals surface area contributed by atoms with Gasteiger partial charge in [-0.1, -0.05) is 32.6 Å². The Morgan fingerprint density at radius 2 is 1.50 bits per heavy atom. The van der Waals surface area contributed by atoms with E-state index in [1.54, 1.807) is 0 Å². The maximum Gasteiger partial charge on any atom is 0.323 e. The van der Waals surface area contributed by atoms with Crippen LogP contribution in [0, 0.1) is 0 Å². The molecule has 0 atom stereocenters. The lowest BCUT2D eigenvalue weighted by Gasteiger charge is -2.03. The molecular weight excluding hydrogens is 191 g/mol. The number of unbranched alkanes of at least 4 members (excludes halogenated alkanes) is 5. The van der Waals surface area contributed by atoms with Gasteiger partial charge >= 0.3 is 6.92 Å². The summed E-state index contributed by atoms with van der Waals surface area (Å²) >= 11 is 3.72. The number of hydrogen-bond acceptors (Lipinski definition) is 3. The molecule has 0 aromatic carbocycles. The lowest BCUT2D eigenvalue weighted by molar-refractivity contribution is 0.470. The second-order valence-corrected chi connectivity index (χ2v) is 6.94. The van der Waals surface area contributed by atoms with Crippen LogP contribution >= 0.6 is 19.2 Å². The fourth-order valence-electron chi connectivity index (χ4n) is 1.10. The van der Waals surface area contributed by atoms with Crippen molar-refractivity contribution in [3.8, 4) is 0 Å². The van der Waals surface area contributed by atoms with E-state index in [4.69, 9.17) is 9.79 Å². The van der Waals surface area contributed by atoms with E-state index >= 15 is 0 Å². The Hall–Kier alpha value is 0.700. The standard InChI is InChI=1S/C8H20O2PS/c1-2-3-4-5-6-7-8-11(9,10)12/h9-10,12H,2-8H2,1H3/q+1. The SMILES string of the molecule is CCCCCCCC[P+](O)(O)S. The molecule has 2 N–H and O–H groups in total. The van der Waals surface area contributed by atoms with Crippen molar-refractivity contribution < 1.29 is 9.79 Å². The van der Waals surface area contributed by atoms with Gasteiger partial charge in [-0.05, 0) is 12.8 Å². The average Bonchev–Trinajstić information content (AvgIpc) is 1.94. The van der Waals surface area contributed by atoms with Gasteiger partial charge in [0, 0.05) is 0 Å². The van der Waals surface area contributed by atoms with Crippen LogP contribution in [0.3, 0.4) is 0 Å². The molecule has 0 aromatic rings. The first-order valence-electron chi connectivity index (χ1n) is 4.62. The molecule has 0 aliphatic rings. The minimum Gasteiger partial charge on any atom is -0.208 e. The van der Waals surface area contributed by atoms with Crippen molar-refractivity contribution in [2.75, 3.05) is 6.16 Å². The van der Waals surface area contributed by atoms with Crippen LogP contribution < -0.4 is 0 Å². The molecule has 0 bridgehead atoms. The van der Waals surface area contributed by atoms with Crippen LogP contribution in [0.4, 0.5) is 0 Å². The molecule has 0 radical (unpaired) electrons. The Morgan fingerprint density at radius 1 is 1.00 bits per heavy atom. The predicted molar refractivity (Wildman–Crippen MR) is 58.6 cm³/mol. The summed E-state index contributed by atoms with van der Waals surface area (Å²) < 4.78 is 0. The van der Waals surface area contributed by atoms with Gasteiger partial charge in [0.1, 0.15) is 6.16 Å². The third kappa shape index (κ3) is 10.7. The van der Waals surface area contributed by atoms with Gasteiger partial charge in [-0.25, -0.2) is 9.79 Å². The lowest BCUT2D eigenvalue weighted by Crippen LogP contribution is -1.90. The molecule has 0 rings (SSSR count). The van der Waals surface area contributed by atoms with E-state index in [-0.39, 0.29) is 0 Å². The molecule has 4 heteroatoms. The van der Waals surface area contributed by atoms with Crippen LogP contribution in [0.5, 0.6) is 0 Å². The summed E-state index contributed by atoms with van der Waals surface area (Å²) in [6.07, 6.45) is 7.50. The van der Waals surface area contributed by atoms with Crippen molar-refractivity contribution in [1.29, 1.82) is 0 Å². The molecule has 0 fully saturated rings. The molecule has 0 unspecified atom stereocenters. The highest BCUT2D eigenvalue weighted by molar-refractivity contribution is 8.48. The number of hydrogen-bond donors (Lipinski definition) is 3. The Kier molecular flexibility index (Phi) is 7.55. The van der Waals surface area contributed by atoms with Crippen molar-refractivity contribution in [2.45, 2.75) is 45.4 Å². The first kappa shape index (κ1) is 12.7. The van der Waals surface area contributed by atoms with Crippen molar-refractivity contribution in [2.24, 2.45) is 0 Å². The van der Waals surface area contributed by atoms with Gasteiger partial charge in [-0.2, -0.15) is 0 Å². The van der Waals surface area contributed by atoms with Gasteiger partial charge in [-0.3, -0.25) is 0 Å². The average molecular weight is 211 g/mol. The van der Waals surface area contributed by atoms with Gasteiger partial charge < -0.3 is 0 Å². The summed E-state index contributed by atoms with van der Waals surface area (Å²) in [5.74, 6) is 0. The van der Waals surface area contributed by atoms with Crippen LogP contribution in [-0.4, -0.2) is 15.9 Å². The van der Waals surface area contributed by atoms with E-state index in [1.807, 2.05) is 0 Å². The fraction of sp³-hybridized carbons (Fsp3) is 1.00. The number of thiol groups is 1. The van der Waals surface area contributed by atoms with Crippen LogP contribution in [0.1, 0.15) is 45.4 Å². The largest absolute Gasteiger partial charge is 0.323 e. The lowest BCUT2D eigenvalue weighted by atomic mass is 10.1. The molecule has 2 nitrogen and oxygen atoms in total. The third-order valence-electron chi connectivity index (χ3n) is 1.81. The molecule has 0 spiro atoms. The highest BCUT2D eigenvalue weighted by Gasteiger charge is 2.25. The van der Waals surface area contributed by atoms with Crippen LogP contribution in [0.25, 0.3) is 0 Å². The molecule has 0 saturated heterocycles. The van der Waals surface area contributed by atoms with E-state index in [9.17, 15) is 0 Å². The Balaban J connectivity index is 3.01. The maximum absolute atomic E-state index is 8.95. The highest BCUT2D eigenvalue weighted by atomic mass is 32.7. The topological polar surface area (TPSA) is 40.5 Å². The summed E-state index contributed by atoms with van der Waals surface area (Å²) in [7, 11) is 0. The van der Waals surface area contributed by atoms with Gasteiger partial charge in [0.25, 0.3) is 0 Å². The van der Waals surface area contributed by atoms with Gasteiger partial charge in [0.05, 0.1) is 12.2 Å². The van der Waals surface area contributed by atoms with Gasteiger partial charge in [0.15, 0.2) is 0 Å². The van der Waals surface area contributed by atoms with E-state index in [1.165, 1.54) is 25.7 Å². The molecule has 74 valence electrons. The van der Waals surface area contributed by atoms with E-state index < -0.39 is 6.92 Å². The Morgan fingerprint density at radius 3 is 2.00 bits per heavy atom. The Labute approximate surface area is 81.0 Å². The zero-order valence-electron chi connectivity index (χ0n) is 7.74. The van der Waals surface area contributed by atoms with Crippen molar-refractivity contribution >= 4 is 19.2 Å². The molecular formula is C8H20O2PS+. The molecule has 0 aromatic heterocycles. The fourth-order valence-corrected chi connectivity index (χ4v) is 2.18. The molecule has 0 amide bonds. The molecule has 0 aliphatic heterocycles.